The van der Waals surface area contributed by atoms with E-state index in [0.29, 0.717) is 40.1 Å². The lowest BCUT2D eigenvalue weighted by Gasteiger charge is -2.38. The number of methoxy groups -OCH3 is 1. The fourth-order valence-corrected chi connectivity index (χ4v) is 6.61. The summed E-state index contributed by atoms with van der Waals surface area (Å²) >= 11 is 2.54. The number of anilines is 2. The summed E-state index contributed by atoms with van der Waals surface area (Å²) < 4.78 is 5.86. The highest BCUT2D eigenvalue weighted by Gasteiger charge is 2.41. The minimum Gasteiger partial charge on any atom is -0.497 e. The fourth-order valence-electron chi connectivity index (χ4n) is 4.93. The van der Waals surface area contributed by atoms with E-state index in [1.165, 1.54) is 28.7 Å². The molecule has 11 heteroatoms. The van der Waals surface area contributed by atoms with E-state index >= 15 is 0 Å². The van der Waals surface area contributed by atoms with E-state index in [0.717, 1.165) is 23.4 Å². The van der Waals surface area contributed by atoms with Crippen molar-refractivity contribution in [1.29, 1.82) is 5.26 Å². The second-order valence-corrected chi connectivity index (χ2v) is 11.5. The lowest BCUT2D eigenvalue weighted by atomic mass is 9.76. The SMILES string of the molecule is CCc1ccc(NC(=O)CSc2nnc(N3C(N)=C(C#N)C(c4ccc(OC)cc4)C4=C3CCCC4=O)s2)cc1. The van der Waals surface area contributed by atoms with Crippen molar-refractivity contribution < 1.29 is 14.3 Å². The molecule has 0 spiro atoms. The normalized spacial score (nSPS) is 17.0. The first kappa shape index (κ1) is 27.4. The van der Waals surface area contributed by atoms with Gasteiger partial charge in [0.1, 0.15) is 11.6 Å². The van der Waals surface area contributed by atoms with Crippen LogP contribution in [-0.4, -0.2) is 34.8 Å². The molecule has 2 aromatic carbocycles. The number of nitrogens with two attached hydrogens (primary N) is 1. The number of hydrogen-bond acceptors (Lipinski definition) is 10. The Kier molecular flexibility index (Phi) is 8.19. The Bertz CT molecular complexity index is 1540. The number of thioether (sulfide) groups is 1. The number of nitrogens with one attached hydrogen (secondary N) is 1. The Morgan fingerprint density at radius 2 is 1.95 bits per heavy atom. The molecule has 0 bridgehead atoms. The van der Waals surface area contributed by atoms with Crippen LogP contribution in [0.25, 0.3) is 0 Å². The van der Waals surface area contributed by atoms with Crippen molar-refractivity contribution in [2.24, 2.45) is 5.73 Å². The average molecular weight is 573 g/mol. The van der Waals surface area contributed by atoms with Gasteiger partial charge in [0.2, 0.25) is 11.0 Å². The van der Waals surface area contributed by atoms with E-state index in [9.17, 15) is 14.9 Å². The van der Waals surface area contributed by atoms with Crippen molar-refractivity contribution in [3.63, 3.8) is 0 Å². The number of rotatable bonds is 8. The van der Waals surface area contributed by atoms with Gasteiger partial charge in [-0.25, -0.2) is 0 Å². The van der Waals surface area contributed by atoms with Crippen molar-refractivity contribution in [2.75, 3.05) is 23.1 Å². The third-order valence-corrected chi connectivity index (χ3v) is 8.96. The highest BCUT2D eigenvalue weighted by atomic mass is 32.2. The van der Waals surface area contributed by atoms with Gasteiger partial charge < -0.3 is 15.8 Å². The lowest BCUT2D eigenvalue weighted by molar-refractivity contribution is -0.116. The number of aryl methyl sites for hydroxylation is 1. The molecule has 40 heavy (non-hydrogen) atoms. The molecular formula is C29H28N6O3S2. The quantitative estimate of drug-likeness (QED) is 0.352. The maximum absolute atomic E-state index is 13.3. The smallest absolute Gasteiger partial charge is 0.234 e. The van der Waals surface area contributed by atoms with Gasteiger partial charge in [-0.05, 0) is 54.7 Å². The maximum Gasteiger partial charge on any atom is 0.234 e. The summed E-state index contributed by atoms with van der Waals surface area (Å²) in [5.41, 5.74) is 11.0. The first-order valence-electron chi connectivity index (χ1n) is 12.9. The summed E-state index contributed by atoms with van der Waals surface area (Å²) in [6.45, 7) is 2.08. The summed E-state index contributed by atoms with van der Waals surface area (Å²) in [6.07, 6.45) is 2.64. The highest BCUT2D eigenvalue weighted by Crippen LogP contribution is 2.47. The second-order valence-electron chi connectivity index (χ2n) is 9.33. The largest absolute Gasteiger partial charge is 0.497 e. The first-order chi connectivity index (χ1) is 19.4. The molecule has 9 nitrogen and oxygen atoms in total. The number of nitriles is 1. The van der Waals surface area contributed by atoms with E-state index in [1.807, 2.05) is 48.5 Å². The summed E-state index contributed by atoms with van der Waals surface area (Å²) in [4.78, 5) is 27.5. The van der Waals surface area contributed by atoms with Gasteiger partial charge in [0.05, 0.1) is 30.4 Å². The number of amides is 1. The molecule has 2 heterocycles. The molecule has 1 amide bonds. The lowest BCUT2D eigenvalue weighted by Crippen LogP contribution is -2.38. The van der Waals surface area contributed by atoms with Crippen LogP contribution >= 0.6 is 23.1 Å². The van der Waals surface area contributed by atoms with Gasteiger partial charge in [0, 0.05) is 23.4 Å². The monoisotopic (exact) mass is 572 g/mol. The standard InChI is InChI=1S/C29H28N6O3S2/c1-3-17-7-11-19(12-8-17)32-24(37)16-39-29-34-33-28(40-29)35-22-5-4-6-23(36)26(22)25(21(15-30)27(35)31)18-9-13-20(38-2)14-10-18/h7-14,25H,3-6,16,31H2,1-2H3,(H,32,37). The molecule has 1 aliphatic heterocycles. The van der Waals surface area contributed by atoms with Crippen LogP contribution in [0.3, 0.4) is 0 Å². The second kappa shape index (κ2) is 11.9. The zero-order valence-corrected chi connectivity index (χ0v) is 23.8. The molecule has 1 atom stereocenters. The molecule has 0 saturated heterocycles. The number of hydrogen-bond donors (Lipinski definition) is 2. The van der Waals surface area contributed by atoms with Gasteiger partial charge in [-0.1, -0.05) is 54.3 Å². The molecule has 3 N–H and O–H groups in total. The van der Waals surface area contributed by atoms with Crippen molar-refractivity contribution in [3.8, 4) is 11.8 Å². The van der Waals surface area contributed by atoms with E-state index < -0.39 is 5.92 Å². The van der Waals surface area contributed by atoms with Crippen LogP contribution < -0.4 is 20.7 Å². The van der Waals surface area contributed by atoms with Gasteiger partial charge in [-0.3, -0.25) is 14.5 Å². The number of ketones is 1. The average Bonchev–Trinajstić information content (AvgIpc) is 3.44. The van der Waals surface area contributed by atoms with Crippen molar-refractivity contribution >= 4 is 45.6 Å². The Labute approximate surface area is 240 Å². The highest BCUT2D eigenvalue weighted by molar-refractivity contribution is 8.01. The molecule has 0 radical (unpaired) electrons. The number of aromatic nitrogens is 2. The van der Waals surface area contributed by atoms with Crippen LogP contribution in [-0.2, 0) is 16.0 Å². The molecule has 2 aliphatic rings. The number of carbonyl (C=O) groups excluding carboxylic acids is 2. The molecule has 3 aromatic rings. The number of ether oxygens (including phenoxy) is 1. The summed E-state index contributed by atoms with van der Waals surface area (Å²) in [7, 11) is 1.59. The Morgan fingerprint density at radius 3 is 2.62 bits per heavy atom. The molecule has 204 valence electrons. The molecule has 0 fully saturated rings. The summed E-state index contributed by atoms with van der Waals surface area (Å²) in [6, 6.07) is 17.4. The number of allylic oxidation sites excluding steroid dienone is 3. The Hall–Kier alpha value is -4.14. The Balaban J connectivity index is 1.39. The zero-order valence-electron chi connectivity index (χ0n) is 22.1. The number of Topliss-reactive ketones (excluding diaryl/α,β-unsaturated/α-hetero) is 1. The molecule has 1 aliphatic carbocycles. The summed E-state index contributed by atoms with van der Waals surface area (Å²) in [5.74, 6) is 0.355. The maximum atomic E-state index is 13.3. The summed E-state index contributed by atoms with van der Waals surface area (Å²) in [5, 5.41) is 22.1. The van der Waals surface area contributed by atoms with E-state index in [4.69, 9.17) is 10.5 Å². The molecule has 5 rings (SSSR count). The van der Waals surface area contributed by atoms with Crippen LogP contribution in [0.1, 0.15) is 43.2 Å². The van der Waals surface area contributed by atoms with Crippen molar-refractivity contribution in [2.45, 2.75) is 42.9 Å². The van der Waals surface area contributed by atoms with E-state index in [-0.39, 0.29) is 28.8 Å². The molecular weight excluding hydrogens is 544 g/mol. The predicted molar refractivity (Wildman–Crippen MR) is 156 cm³/mol. The van der Waals surface area contributed by atoms with E-state index in [1.54, 1.807) is 12.0 Å². The zero-order chi connectivity index (χ0) is 28.2. The third-order valence-electron chi connectivity index (χ3n) is 6.92. The van der Waals surface area contributed by atoms with Crippen LogP contribution in [0.4, 0.5) is 10.8 Å². The van der Waals surface area contributed by atoms with Gasteiger partial charge in [-0.15, -0.1) is 10.2 Å². The minimum absolute atomic E-state index is 0.00456. The number of nitrogens with zero attached hydrogens (tertiary/aromatic N) is 4. The van der Waals surface area contributed by atoms with Crippen molar-refractivity contribution in [3.05, 3.63) is 82.3 Å². The molecule has 1 aromatic heterocycles. The molecule has 0 saturated carbocycles. The third kappa shape index (κ3) is 5.46. The predicted octanol–water partition coefficient (Wildman–Crippen LogP) is 5.14. The fraction of sp³-hybridized carbons (Fsp3) is 0.276. The number of carbonyl (C=O) groups is 2. The molecule has 1 unspecified atom stereocenters. The van der Waals surface area contributed by atoms with E-state index in [2.05, 4.69) is 28.5 Å². The van der Waals surface area contributed by atoms with Crippen LogP contribution in [0.2, 0.25) is 0 Å². The van der Waals surface area contributed by atoms with Gasteiger partial charge in [-0.2, -0.15) is 5.26 Å². The Morgan fingerprint density at radius 1 is 1.20 bits per heavy atom. The minimum atomic E-state index is -0.563. The van der Waals surface area contributed by atoms with Gasteiger partial charge in [0.25, 0.3) is 0 Å². The van der Waals surface area contributed by atoms with Crippen LogP contribution in [0.15, 0.2) is 75.5 Å². The van der Waals surface area contributed by atoms with Crippen molar-refractivity contribution in [1.82, 2.24) is 10.2 Å². The topological polar surface area (TPSA) is 134 Å². The number of benzene rings is 2. The van der Waals surface area contributed by atoms with Gasteiger partial charge >= 0.3 is 0 Å². The van der Waals surface area contributed by atoms with Crippen LogP contribution in [0.5, 0.6) is 5.75 Å². The first-order valence-corrected chi connectivity index (χ1v) is 14.7. The van der Waals surface area contributed by atoms with Crippen LogP contribution in [0, 0.1) is 11.3 Å². The van der Waals surface area contributed by atoms with Gasteiger partial charge in [0.15, 0.2) is 10.1 Å².